The molecule has 0 spiro atoms. The van der Waals surface area contributed by atoms with E-state index in [4.69, 9.17) is 0 Å². The highest BCUT2D eigenvalue weighted by atomic mass is 32.2. The molecule has 0 bridgehead atoms. The third-order valence-corrected chi connectivity index (χ3v) is 5.56. The van der Waals surface area contributed by atoms with E-state index < -0.39 is 0 Å². The number of ketones is 1. The highest BCUT2D eigenvalue weighted by molar-refractivity contribution is 7.99. The molecule has 1 amide bonds. The molecule has 0 aliphatic rings. The minimum Gasteiger partial charge on any atom is -0.326 e. The number of hydrogen-bond acceptors (Lipinski definition) is 5. The molecule has 0 atom stereocenters. The lowest BCUT2D eigenvalue weighted by molar-refractivity contribution is -0.114. The third-order valence-electron chi connectivity index (χ3n) is 4.62. The summed E-state index contributed by atoms with van der Waals surface area (Å²) in [5.74, 6) is -0.144. The van der Waals surface area contributed by atoms with E-state index in [0.29, 0.717) is 33.0 Å². The maximum atomic E-state index is 13.2. The fourth-order valence-electron chi connectivity index (χ4n) is 3.17. The second-order valence-corrected chi connectivity index (χ2v) is 7.80. The van der Waals surface area contributed by atoms with Crippen LogP contribution in [0.2, 0.25) is 0 Å². The largest absolute Gasteiger partial charge is 0.326 e. The molecule has 154 valence electrons. The van der Waals surface area contributed by atoms with Gasteiger partial charge < -0.3 is 5.32 Å². The van der Waals surface area contributed by atoms with E-state index in [1.54, 1.807) is 41.0 Å². The number of nitrogens with zero attached hydrogens (tertiary/aromatic N) is 2. The number of carbonyl (C=O) groups is 2. The van der Waals surface area contributed by atoms with Crippen molar-refractivity contribution in [2.24, 2.45) is 0 Å². The van der Waals surface area contributed by atoms with Crippen molar-refractivity contribution in [3.05, 3.63) is 94.8 Å². The van der Waals surface area contributed by atoms with Crippen LogP contribution in [-0.4, -0.2) is 27.0 Å². The molecule has 0 saturated carbocycles. The highest BCUT2D eigenvalue weighted by Gasteiger charge is 2.15. The Labute approximate surface area is 182 Å². The van der Waals surface area contributed by atoms with Crippen LogP contribution in [0.1, 0.15) is 17.3 Å². The number of benzene rings is 3. The quantitative estimate of drug-likeness (QED) is 0.280. The van der Waals surface area contributed by atoms with Gasteiger partial charge in [0.15, 0.2) is 10.9 Å². The van der Waals surface area contributed by atoms with Crippen LogP contribution in [-0.2, 0) is 4.79 Å². The smallest absolute Gasteiger partial charge is 0.266 e. The maximum Gasteiger partial charge on any atom is 0.266 e. The molecule has 0 radical (unpaired) electrons. The Kier molecular flexibility index (Phi) is 5.95. The molecule has 0 aliphatic heterocycles. The number of rotatable bonds is 6. The molecule has 1 N–H and O–H groups in total. The average molecular weight is 430 g/mol. The standard InChI is InChI=1S/C24H19N3O3S/c1-16(28)25-18-13-11-17(12-14-18)22(29)15-31-24-26-21-10-6-5-9-20(21)23(30)27(24)19-7-3-2-4-8-19/h2-14H,15H2,1H3,(H,25,28). The first kappa shape index (κ1) is 20.6. The molecule has 31 heavy (non-hydrogen) atoms. The number of aromatic nitrogens is 2. The number of hydrogen-bond donors (Lipinski definition) is 1. The molecular formula is C24H19N3O3S. The van der Waals surface area contributed by atoms with Gasteiger partial charge in [-0.3, -0.25) is 19.0 Å². The molecular weight excluding hydrogens is 410 g/mol. The molecule has 6 nitrogen and oxygen atoms in total. The first-order chi connectivity index (χ1) is 15.0. The van der Waals surface area contributed by atoms with Crippen LogP contribution in [0.5, 0.6) is 0 Å². The summed E-state index contributed by atoms with van der Waals surface area (Å²) in [4.78, 5) is 41.7. The van der Waals surface area contributed by atoms with Crippen molar-refractivity contribution in [3.8, 4) is 5.69 Å². The van der Waals surface area contributed by atoms with Crippen LogP contribution >= 0.6 is 11.8 Å². The number of fused-ring (bicyclic) bond motifs is 1. The summed E-state index contributed by atoms with van der Waals surface area (Å²) in [5, 5.41) is 3.65. The zero-order valence-corrected chi connectivity index (χ0v) is 17.6. The monoisotopic (exact) mass is 429 g/mol. The first-order valence-electron chi connectivity index (χ1n) is 9.64. The zero-order valence-electron chi connectivity index (χ0n) is 16.7. The maximum absolute atomic E-state index is 13.2. The van der Waals surface area contributed by atoms with E-state index in [-0.39, 0.29) is 23.0 Å². The third kappa shape index (κ3) is 4.57. The highest BCUT2D eigenvalue weighted by Crippen LogP contribution is 2.22. The molecule has 0 aliphatic carbocycles. The fraction of sp³-hybridized carbons (Fsp3) is 0.0833. The molecule has 1 aromatic heterocycles. The van der Waals surface area contributed by atoms with Crippen molar-refractivity contribution in [1.82, 2.24) is 9.55 Å². The SMILES string of the molecule is CC(=O)Nc1ccc(C(=O)CSc2nc3ccccc3c(=O)n2-c2ccccc2)cc1. The van der Waals surface area contributed by atoms with E-state index in [9.17, 15) is 14.4 Å². The lowest BCUT2D eigenvalue weighted by Gasteiger charge is -2.13. The summed E-state index contributed by atoms with van der Waals surface area (Å²) in [6.07, 6.45) is 0. The number of carbonyl (C=O) groups excluding carboxylic acids is 2. The van der Waals surface area contributed by atoms with Gasteiger partial charge in [-0.25, -0.2) is 4.98 Å². The van der Waals surface area contributed by atoms with Gasteiger partial charge in [0, 0.05) is 18.2 Å². The number of nitrogens with one attached hydrogen (secondary N) is 1. The number of Topliss-reactive ketones (excluding diaryl/α,β-unsaturated/α-hetero) is 1. The summed E-state index contributed by atoms with van der Waals surface area (Å²) in [7, 11) is 0. The van der Waals surface area contributed by atoms with Gasteiger partial charge in [0.25, 0.3) is 5.56 Å². The van der Waals surface area contributed by atoms with Crippen LogP contribution < -0.4 is 10.9 Å². The van der Waals surface area contributed by atoms with Crippen LogP contribution in [0.25, 0.3) is 16.6 Å². The summed E-state index contributed by atoms with van der Waals surface area (Å²) >= 11 is 1.22. The van der Waals surface area contributed by atoms with Gasteiger partial charge >= 0.3 is 0 Å². The Bertz CT molecular complexity index is 1320. The van der Waals surface area contributed by atoms with Gasteiger partial charge in [-0.1, -0.05) is 42.1 Å². The summed E-state index contributed by atoms with van der Waals surface area (Å²) in [6.45, 7) is 1.43. The van der Waals surface area contributed by atoms with E-state index in [1.165, 1.54) is 18.7 Å². The van der Waals surface area contributed by atoms with Gasteiger partial charge in [-0.15, -0.1) is 0 Å². The van der Waals surface area contributed by atoms with Crippen molar-refractivity contribution in [1.29, 1.82) is 0 Å². The molecule has 4 aromatic rings. The average Bonchev–Trinajstić information content (AvgIpc) is 2.78. The first-order valence-corrected chi connectivity index (χ1v) is 10.6. The Balaban J connectivity index is 1.64. The fourth-order valence-corrected chi connectivity index (χ4v) is 4.08. The zero-order chi connectivity index (χ0) is 21.8. The van der Waals surface area contributed by atoms with Crippen LogP contribution in [0, 0.1) is 0 Å². The number of anilines is 1. The van der Waals surface area contributed by atoms with Gasteiger partial charge in [0.2, 0.25) is 5.91 Å². The molecule has 0 fully saturated rings. The van der Waals surface area contributed by atoms with Gasteiger partial charge in [0.1, 0.15) is 0 Å². The second-order valence-electron chi connectivity index (χ2n) is 6.86. The van der Waals surface area contributed by atoms with Crippen molar-refractivity contribution in [2.45, 2.75) is 12.1 Å². The summed E-state index contributed by atoms with van der Waals surface area (Å²) in [6, 6.07) is 23.2. The van der Waals surface area contributed by atoms with Crippen LogP contribution in [0.4, 0.5) is 5.69 Å². The van der Waals surface area contributed by atoms with Crippen molar-refractivity contribution in [3.63, 3.8) is 0 Å². The van der Waals surface area contributed by atoms with Gasteiger partial charge in [-0.2, -0.15) is 0 Å². The molecule has 7 heteroatoms. The molecule has 0 unspecified atom stereocenters. The summed E-state index contributed by atoms with van der Waals surface area (Å²) in [5.41, 5.74) is 2.27. The molecule has 3 aromatic carbocycles. The Morgan fingerprint density at radius 2 is 1.61 bits per heavy atom. The lowest BCUT2D eigenvalue weighted by atomic mass is 10.1. The van der Waals surface area contributed by atoms with E-state index in [0.717, 1.165) is 0 Å². The van der Waals surface area contributed by atoms with Crippen LogP contribution in [0.3, 0.4) is 0 Å². The van der Waals surface area contributed by atoms with Crippen molar-refractivity contribution < 1.29 is 9.59 Å². The molecule has 0 saturated heterocycles. The molecule has 1 heterocycles. The van der Waals surface area contributed by atoms with Gasteiger partial charge in [0.05, 0.1) is 22.3 Å². The lowest BCUT2D eigenvalue weighted by Crippen LogP contribution is -2.22. The van der Waals surface area contributed by atoms with Crippen molar-refractivity contribution in [2.75, 3.05) is 11.1 Å². The van der Waals surface area contributed by atoms with Crippen molar-refractivity contribution >= 4 is 40.0 Å². The molecule has 4 rings (SSSR count). The summed E-state index contributed by atoms with van der Waals surface area (Å²) < 4.78 is 1.54. The number of thioether (sulfide) groups is 1. The van der Waals surface area contributed by atoms with E-state index >= 15 is 0 Å². The number of para-hydroxylation sites is 2. The Hall–Kier alpha value is -3.71. The normalized spacial score (nSPS) is 10.7. The van der Waals surface area contributed by atoms with Gasteiger partial charge in [-0.05, 0) is 48.5 Å². The number of amides is 1. The predicted octanol–water partition coefficient (Wildman–Crippen LogP) is 4.32. The van der Waals surface area contributed by atoms with Crippen LogP contribution in [0.15, 0.2) is 88.8 Å². The minimum absolute atomic E-state index is 0.0959. The Morgan fingerprint density at radius 1 is 0.935 bits per heavy atom. The minimum atomic E-state index is -0.175. The second kappa shape index (κ2) is 8.97. The van der Waals surface area contributed by atoms with E-state index in [2.05, 4.69) is 10.3 Å². The topological polar surface area (TPSA) is 81.1 Å². The Morgan fingerprint density at radius 3 is 2.32 bits per heavy atom. The van der Waals surface area contributed by atoms with E-state index in [1.807, 2.05) is 42.5 Å². The predicted molar refractivity (Wildman–Crippen MR) is 123 cm³/mol.